The molecule has 0 radical (unpaired) electrons. The Morgan fingerprint density at radius 2 is 1.64 bits per heavy atom. The number of ether oxygens (including phenoxy) is 1. The summed E-state index contributed by atoms with van der Waals surface area (Å²) in [6, 6.07) is 5.95. The number of hydrogen-bond acceptors (Lipinski definition) is 7. The second kappa shape index (κ2) is 7.20. The minimum atomic E-state index is -5.93. The van der Waals surface area contributed by atoms with Gasteiger partial charge in [0.2, 0.25) is 0 Å². The number of rotatable bonds is 6. The number of alkyl halides is 3. The molecule has 0 aliphatic carbocycles. The molecule has 6 nitrogen and oxygen atoms in total. The lowest BCUT2D eigenvalue weighted by molar-refractivity contribution is -0.0500. The molecule has 11 heteroatoms. The van der Waals surface area contributed by atoms with Crippen molar-refractivity contribution in [2.24, 2.45) is 0 Å². The molecule has 0 aliphatic rings. The molecule has 25 heavy (non-hydrogen) atoms. The Hall–Kier alpha value is -1.82. The molecule has 0 fully saturated rings. The molecule has 2 aromatic rings. The van der Waals surface area contributed by atoms with Crippen LogP contribution in [0.4, 0.5) is 13.2 Å². The van der Waals surface area contributed by atoms with E-state index in [2.05, 4.69) is 4.18 Å². The highest BCUT2D eigenvalue weighted by atomic mass is 32.2. The molecule has 0 amide bonds. The summed E-state index contributed by atoms with van der Waals surface area (Å²) in [5.41, 5.74) is -5.36. The molecule has 1 aromatic carbocycles. The number of aliphatic hydroxyl groups is 2. The van der Waals surface area contributed by atoms with Gasteiger partial charge in [-0.15, -0.1) is 11.3 Å². The smallest absolute Gasteiger partial charge is 0.497 e. The quantitative estimate of drug-likeness (QED) is 0.574. The van der Waals surface area contributed by atoms with Crippen LogP contribution in [-0.2, 0) is 23.3 Å². The van der Waals surface area contributed by atoms with Crippen LogP contribution < -0.4 is 8.92 Å². The van der Waals surface area contributed by atoms with Crippen molar-refractivity contribution in [2.45, 2.75) is 18.7 Å². The molecule has 0 unspecified atom stereocenters. The molecule has 0 aliphatic heterocycles. The van der Waals surface area contributed by atoms with Crippen LogP contribution in [0.5, 0.6) is 11.5 Å². The van der Waals surface area contributed by atoms with Crippen LogP contribution in [0.2, 0.25) is 0 Å². The first-order valence-corrected chi connectivity index (χ1v) is 8.88. The first-order valence-electron chi connectivity index (χ1n) is 6.66. The maximum Gasteiger partial charge on any atom is 0.534 e. The number of thiophene rings is 1. The van der Waals surface area contributed by atoms with Crippen LogP contribution in [0.15, 0.2) is 24.3 Å². The maximum absolute atomic E-state index is 12.6. The molecule has 0 saturated heterocycles. The third-order valence-electron chi connectivity index (χ3n) is 3.15. The van der Waals surface area contributed by atoms with E-state index in [4.69, 9.17) is 4.74 Å². The molecule has 2 rings (SSSR count). The van der Waals surface area contributed by atoms with Crippen LogP contribution in [0.3, 0.4) is 0 Å². The van der Waals surface area contributed by atoms with Crippen molar-refractivity contribution in [3.63, 3.8) is 0 Å². The second-order valence-corrected chi connectivity index (χ2v) is 7.41. The van der Waals surface area contributed by atoms with E-state index in [-0.39, 0.29) is 15.3 Å². The van der Waals surface area contributed by atoms with Gasteiger partial charge in [-0.3, -0.25) is 0 Å². The number of benzene rings is 1. The number of hydrogen-bond donors (Lipinski definition) is 2. The SMILES string of the molecule is COc1ccc(-c2c(CO)sc(CO)c2OS(=O)(=O)C(F)(F)F)cc1. The minimum Gasteiger partial charge on any atom is -0.497 e. The van der Waals surface area contributed by atoms with E-state index in [1.807, 2.05) is 0 Å². The van der Waals surface area contributed by atoms with Gasteiger partial charge in [0.1, 0.15) is 5.75 Å². The Morgan fingerprint density at radius 1 is 1.08 bits per heavy atom. The summed E-state index contributed by atoms with van der Waals surface area (Å²) in [6.45, 7) is -1.33. The molecule has 138 valence electrons. The van der Waals surface area contributed by atoms with E-state index in [0.717, 1.165) is 11.3 Å². The largest absolute Gasteiger partial charge is 0.534 e. The average molecular weight is 398 g/mol. The lowest BCUT2D eigenvalue weighted by Crippen LogP contribution is -2.28. The summed E-state index contributed by atoms with van der Waals surface area (Å²) in [7, 11) is -4.51. The third-order valence-corrected chi connectivity index (χ3v) is 5.24. The maximum atomic E-state index is 12.6. The normalized spacial score (nSPS) is 12.2. The van der Waals surface area contributed by atoms with Gasteiger partial charge in [0, 0.05) is 10.4 Å². The molecule has 0 atom stereocenters. The van der Waals surface area contributed by atoms with Crippen LogP contribution in [0.1, 0.15) is 9.75 Å². The lowest BCUT2D eigenvalue weighted by atomic mass is 10.0. The number of aliphatic hydroxyl groups excluding tert-OH is 2. The lowest BCUT2D eigenvalue weighted by Gasteiger charge is -2.12. The van der Waals surface area contributed by atoms with E-state index in [1.54, 1.807) is 0 Å². The molecule has 1 heterocycles. The van der Waals surface area contributed by atoms with Gasteiger partial charge in [-0.1, -0.05) is 12.1 Å². The van der Waals surface area contributed by atoms with Crippen LogP contribution in [0.25, 0.3) is 11.1 Å². The standard InChI is InChI=1S/C14H13F3O6S2/c1-22-9-4-2-8(3-5-9)12-10(6-18)24-11(7-19)13(12)23-25(20,21)14(15,16)17/h2-5,18-19H,6-7H2,1H3. The summed E-state index contributed by atoms with van der Waals surface area (Å²) < 4.78 is 69.9. The number of halogens is 3. The van der Waals surface area contributed by atoms with Crippen molar-refractivity contribution >= 4 is 21.5 Å². The minimum absolute atomic E-state index is 0.0352. The second-order valence-electron chi connectivity index (χ2n) is 4.68. The fourth-order valence-electron chi connectivity index (χ4n) is 2.02. The van der Waals surface area contributed by atoms with Crippen LogP contribution >= 0.6 is 11.3 Å². The van der Waals surface area contributed by atoms with Crippen LogP contribution in [0, 0.1) is 0 Å². The fourth-order valence-corrected chi connectivity index (χ4v) is 3.55. The average Bonchev–Trinajstić information content (AvgIpc) is 2.90. The summed E-state index contributed by atoms with van der Waals surface area (Å²) >= 11 is 0.754. The van der Waals surface area contributed by atoms with Gasteiger partial charge < -0.3 is 19.1 Å². The van der Waals surface area contributed by atoms with Gasteiger partial charge in [-0.25, -0.2) is 0 Å². The molecular weight excluding hydrogens is 385 g/mol. The highest BCUT2D eigenvalue weighted by Crippen LogP contribution is 2.45. The predicted molar refractivity (Wildman–Crippen MR) is 83.8 cm³/mol. The molecule has 1 aromatic heterocycles. The fraction of sp³-hybridized carbons (Fsp3) is 0.286. The van der Waals surface area contributed by atoms with Gasteiger partial charge >= 0.3 is 15.6 Å². The van der Waals surface area contributed by atoms with Gasteiger partial charge in [0.15, 0.2) is 5.75 Å². The highest BCUT2D eigenvalue weighted by molar-refractivity contribution is 7.88. The zero-order valence-corrected chi connectivity index (χ0v) is 14.3. The van der Waals surface area contributed by atoms with Crippen molar-refractivity contribution in [3.8, 4) is 22.6 Å². The molecular formula is C14H13F3O6S2. The summed E-state index contributed by atoms with van der Waals surface area (Å²) in [5, 5.41) is 18.8. The van der Waals surface area contributed by atoms with E-state index in [0.29, 0.717) is 11.3 Å². The Kier molecular flexibility index (Phi) is 5.62. The van der Waals surface area contributed by atoms with Crippen LogP contribution in [-0.4, -0.2) is 31.2 Å². The molecule has 2 N–H and O–H groups in total. The van der Waals surface area contributed by atoms with Gasteiger partial charge in [0.25, 0.3) is 0 Å². The number of methoxy groups -OCH3 is 1. The van der Waals surface area contributed by atoms with E-state index >= 15 is 0 Å². The zero-order valence-electron chi connectivity index (χ0n) is 12.7. The Labute approximate surface area is 145 Å². The van der Waals surface area contributed by atoms with Crippen molar-refractivity contribution in [1.82, 2.24) is 0 Å². The molecule has 0 bridgehead atoms. The summed E-state index contributed by atoms with van der Waals surface area (Å²) in [5.74, 6) is -0.184. The Bertz CT molecular complexity index is 841. The van der Waals surface area contributed by atoms with E-state index in [9.17, 15) is 31.8 Å². The van der Waals surface area contributed by atoms with E-state index < -0.39 is 34.6 Å². The summed E-state index contributed by atoms with van der Waals surface area (Å²) in [4.78, 5) is 0.00397. The molecule has 0 spiro atoms. The van der Waals surface area contributed by atoms with E-state index in [1.165, 1.54) is 31.4 Å². The molecule has 0 saturated carbocycles. The van der Waals surface area contributed by atoms with Gasteiger partial charge in [0.05, 0.1) is 25.2 Å². The van der Waals surface area contributed by atoms with Gasteiger partial charge in [-0.2, -0.15) is 21.6 Å². The first-order chi connectivity index (χ1) is 11.6. The van der Waals surface area contributed by atoms with Crippen molar-refractivity contribution in [3.05, 3.63) is 34.0 Å². The first kappa shape index (κ1) is 19.5. The van der Waals surface area contributed by atoms with Gasteiger partial charge in [-0.05, 0) is 17.7 Å². The third kappa shape index (κ3) is 3.89. The topological polar surface area (TPSA) is 93.1 Å². The van der Waals surface area contributed by atoms with Crippen molar-refractivity contribution in [2.75, 3.05) is 7.11 Å². The van der Waals surface area contributed by atoms with Crippen molar-refractivity contribution < 1.29 is 40.7 Å². The zero-order chi connectivity index (χ0) is 18.8. The monoisotopic (exact) mass is 398 g/mol. The highest BCUT2D eigenvalue weighted by Gasteiger charge is 2.49. The Morgan fingerprint density at radius 3 is 2.08 bits per heavy atom. The summed E-state index contributed by atoms with van der Waals surface area (Å²) in [6.07, 6.45) is 0. The predicted octanol–water partition coefficient (Wildman–Crippen LogP) is 2.64. The Balaban J connectivity index is 2.63. The van der Waals surface area contributed by atoms with Crippen molar-refractivity contribution in [1.29, 1.82) is 0 Å².